The van der Waals surface area contributed by atoms with Gasteiger partial charge in [0.1, 0.15) is 11.6 Å². The first-order chi connectivity index (χ1) is 10.2. The van der Waals surface area contributed by atoms with Crippen molar-refractivity contribution in [3.8, 4) is 0 Å². The molecular weight excluding hydrogens is 275 g/mol. The summed E-state index contributed by atoms with van der Waals surface area (Å²) in [5.74, 6) is 0.200. The number of amides is 1. The Hall–Kier alpha value is -1.99. The molecule has 112 valence electrons. The smallest absolute Gasteiger partial charge is 0.223 e. The maximum atomic E-state index is 13.1. The number of H-pyrrole nitrogens is 1. The first kappa shape index (κ1) is 14.0. The third-order valence-electron chi connectivity index (χ3n) is 3.36. The number of aromatic amines is 1. The van der Waals surface area contributed by atoms with Gasteiger partial charge in [0.25, 0.3) is 0 Å². The van der Waals surface area contributed by atoms with Crippen molar-refractivity contribution in [1.29, 1.82) is 0 Å². The zero-order valence-electron chi connectivity index (χ0n) is 11.5. The summed E-state index contributed by atoms with van der Waals surface area (Å²) in [6.07, 6.45) is 0.241. The normalized spacial score (nSPS) is 18.8. The molecular formula is C14H17FN4O2. The molecule has 1 unspecified atom stereocenters. The topological polar surface area (TPSA) is 79.0 Å². The highest BCUT2D eigenvalue weighted by molar-refractivity contribution is 5.77. The van der Waals surface area contributed by atoms with Crippen LogP contribution in [0.15, 0.2) is 18.2 Å². The fourth-order valence-electron chi connectivity index (χ4n) is 2.33. The molecule has 7 heteroatoms. The molecule has 1 amide bonds. The van der Waals surface area contributed by atoms with Gasteiger partial charge in [0.2, 0.25) is 5.91 Å². The average molecular weight is 292 g/mol. The van der Waals surface area contributed by atoms with Gasteiger partial charge in [-0.1, -0.05) is 0 Å². The molecule has 1 aliphatic rings. The van der Waals surface area contributed by atoms with E-state index < -0.39 is 0 Å². The summed E-state index contributed by atoms with van der Waals surface area (Å²) < 4.78 is 18.6. The second-order valence-electron chi connectivity index (χ2n) is 5.02. The van der Waals surface area contributed by atoms with Crippen LogP contribution in [0, 0.1) is 5.82 Å². The van der Waals surface area contributed by atoms with Crippen molar-refractivity contribution in [1.82, 2.24) is 20.6 Å². The summed E-state index contributed by atoms with van der Waals surface area (Å²) in [5.41, 5.74) is 1.31. The van der Waals surface area contributed by atoms with Crippen molar-refractivity contribution < 1.29 is 13.9 Å². The lowest BCUT2D eigenvalue weighted by Gasteiger charge is -2.22. The van der Waals surface area contributed by atoms with Gasteiger partial charge in [0.05, 0.1) is 36.7 Å². The monoisotopic (exact) mass is 292 g/mol. The van der Waals surface area contributed by atoms with E-state index in [1.54, 1.807) is 6.07 Å². The number of hydrogen-bond acceptors (Lipinski definition) is 4. The van der Waals surface area contributed by atoms with Crippen LogP contribution in [0.25, 0.3) is 11.0 Å². The van der Waals surface area contributed by atoms with Gasteiger partial charge in [-0.3, -0.25) is 4.79 Å². The van der Waals surface area contributed by atoms with Gasteiger partial charge in [-0.25, -0.2) is 9.37 Å². The predicted molar refractivity (Wildman–Crippen MR) is 75.1 cm³/mol. The minimum atomic E-state index is -0.316. The summed E-state index contributed by atoms with van der Waals surface area (Å²) in [6.45, 7) is 2.44. The number of nitrogens with zero attached hydrogens (tertiary/aromatic N) is 1. The molecule has 1 atom stereocenters. The SMILES string of the molecule is O=C(CC1CNCCO1)NCc1nc2ccc(F)cc2[nH]1. The fraction of sp³-hybridized carbons (Fsp3) is 0.429. The van der Waals surface area contributed by atoms with E-state index in [4.69, 9.17) is 4.74 Å². The molecule has 3 rings (SSSR count). The lowest BCUT2D eigenvalue weighted by Crippen LogP contribution is -2.41. The Balaban J connectivity index is 1.54. The summed E-state index contributed by atoms with van der Waals surface area (Å²) in [5, 5.41) is 5.97. The van der Waals surface area contributed by atoms with Crippen LogP contribution < -0.4 is 10.6 Å². The van der Waals surface area contributed by atoms with Crippen molar-refractivity contribution in [2.24, 2.45) is 0 Å². The van der Waals surface area contributed by atoms with Crippen LogP contribution in [0.5, 0.6) is 0 Å². The van der Waals surface area contributed by atoms with Crippen molar-refractivity contribution in [3.63, 3.8) is 0 Å². The maximum absolute atomic E-state index is 13.1. The van der Waals surface area contributed by atoms with Gasteiger partial charge in [-0.15, -0.1) is 0 Å². The van der Waals surface area contributed by atoms with E-state index in [9.17, 15) is 9.18 Å². The third kappa shape index (κ3) is 3.56. The number of carbonyl (C=O) groups excluding carboxylic acids is 1. The van der Waals surface area contributed by atoms with Crippen molar-refractivity contribution in [2.45, 2.75) is 19.1 Å². The van der Waals surface area contributed by atoms with Crippen LogP contribution in [0.3, 0.4) is 0 Å². The van der Waals surface area contributed by atoms with Crippen molar-refractivity contribution in [2.75, 3.05) is 19.7 Å². The number of aromatic nitrogens is 2. The zero-order chi connectivity index (χ0) is 14.7. The number of benzene rings is 1. The number of ether oxygens (including phenoxy) is 1. The summed E-state index contributed by atoms with van der Waals surface area (Å²) in [6, 6.07) is 4.35. The van der Waals surface area contributed by atoms with Gasteiger partial charge in [0, 0.05) is 13.1 Å². The largest absolute Gasteiger partial charge is 0.375 e. The van der Waals surface area contributed by atoms with E-state index in [0.29, 0.717) is 36.4 Å². The van der Waals surface area contributed by atoms with Gasteiger partial charge in [-0.2, -0.15) is 0 Å². The molecule has 1 saturated heterocycles. The van der Waals surface area contributed by atoms with E-state index in [-0.39, 0.29) is 24.4 Å². The Bertz CT molecular complexity index is 637. The second kappa shape index (κ2) is 6.19. The Labute approximate surface area is 121 Å². The van der Waals surface area contributed by atoms with E-state index >= 15 is 0 Å². The van der Waals surface area contributed by atoms with Gasteiger partial charge < -0.3 is 20.4 Å². The van der Waals surface area contributed by atoms with Crippen molar-refractivity contribution >= 4 is 16.9 Å². The van der Waals surface area contributed by atoms with Crippen LogP contribution in [-0.2, 0) is 16.1 Å². The van der Waals surface area contributed by atoms with E-state index in [2.05, 4.69) is 20.6 Å². The molecule has 3 N–H and O–H groups in total. The highest BCUT2D eigenvalue weighted by atomic mass is 19.1. The molecule has 2 aromatic rings. The number of halogens is 1. The summed E-state index contributed by atoms with van der Waals surface area (Å²) >= 11 is 0. The van der Waals surface area contributed by atoms with Crippen LogP contribution in [0.2, 0.25) is 0 Å². The summed E-state index contributed by atoms with van der Waals surface area (Å²) in [7, 11) is 0. The molecule has 2 heterocycles. The number of imidazole rings is 1. The average Bonchev–Trinajstić information content (AvgIpc) is 2.88. The predicted octanol–water partition coefficient (Wildman–Crippen LogP) is 0.697. The quantitative estimate of drug-likeness (QED) is 0.775. The zero-order valence-corrected chi connectivity index (χ0v) is 11.5. The molecule has 1 aromatic carbocycles. The first-order valence-corrected chi connectivity index (χ1v) is 6.94. The Morgan fingerprint density at radius 2 is 2.43 bits per heavy atom. The van der Waals surface area contributed by atoms with Crippen LogP contribution >= 0.6 is 0 Å². The Kier molecular flexibility index (Phi) is 4.12. The van der Waals surface area contributed by atoms with Gasteiger partial charge in [0.15, 0.2) is 0 Å². The molecule has 21 heavy (non-hydrogen) atoms. The number of hydrogen-bond donors (Lipinski definition) is 3. The van der Waals surface area contributed by atoms with Gasteiger partial charge in [-0.05, 0) is 18.2 Å². The molecule has 0 bridgehead atoms. The maximum Gasteiger partial charge on any atom is 0.223 e. The molecule has 1 aliphatic heterocycles. The minimum Gasteiger partial charge on any atom is -0.375 e. The number of morpholine rings is 1. The van der Waals surface area contributed by atoms with Crippen LogP contribution in [0.4, 0.5) is 4.39 Å². The highest BCUT2D eigenvalue weighted by Gasteiger charge is 2.17. The lowest BCUT2D eigenvalue weighted by molar-refractivity contribution is -0.124. The summed E-state index contributed by atoms with van der Waals surface area (Å²) in [4.78, 5) is 19.1. The fourth-order valence-corrected chi connectivity index (χ4v) is 2.33. The molecule has 1 fully saturated rings. The van der Waals surface area contributed by atoms with E-state index in [0.717, 1.165) is 6.54 Å². The molecule has 0 spiro atoms. The number of carbonyl (C=O) groups is 1. The number of fused-ring (bicyclic) bond motifs is 1. The van der Waals surface area contributed by atoms with E-state index in [1.165, 1.54) is 12.1 Å². The molecule has 0 saturated carbocycles. The second-order valence-corrected chi connectivity index (χ2v) is 5.02. The lowest BCUT2D eigenvalue weighted by atomic mass is 10.2. The third-order valence-corrected chi connectivity index (χ3v) is 3.36. The highest BCUT2D eigenvalue weighted by Crippen LogP contribution is 2.12. The van der Waals surface area contributed by atoms with Crippen molar-refractivity contribution in [3.05, 3.63) is 29.8 Å². The van der Waals surface area contributed by atoms with Gasteiger partial charge >= 0.3 is 0 Å². The van der Waals surface area contributed by atoms with E-state index in [1.807, 2.05) is 0 Å². The molecule has 1 aromatic heterocycles. The minimum absolute atomic E-state index is 0.0801. The molecule has 0 aliphatic carbocycles. The molecule has 0 radical (unpaired) electrons. The van der Waals surface area contributed by atoms with Crippen LogP contribution in [-0.4, -0.2) is 41.7 Å². The van der Waals surface area contributed by atoms with Crippen LogP contribution in [0.1, 0.15) is 12.2 Å². The number of nitrogens with one attached hydrogen (secondary N) is 3. The molecule has 6 nitrogen and oxygen atoms in total. The Morgan fingerprint density at radius 3 is 3.24 bits per heavy atom. The Morgan fingerprint density at radius 1 is 1.52 bits per heavy atom. The number of rotatable bonds is 4. The standard InChI is InChI=1S/C14H17FN4O2/c15-9-1-2-11-12(5-9)19-13(18-11)8-17-14(20)6-10-7-16-3-4-21-10/h1-2,5,10,16H,3-4,6-8H2,(H,17,20)(H,18,19). The first-order valence-electron chi connectivity index (χ1n) is 6.94.